The Morgan fingerprint density at radius 1 is 1.24 bits per heavy atom. The number of halogens is 2. The predicted octanol–water partition coefficient (Wildman–Crippen LogP) is 2.62. The van der Waals surface area contributed by atoms with Crippen LogP contribution in [0, 0.1) is 11.6 Å². The number of ether oxygens (including phenoxy) is 1. The maximum Gasteiger partial charge on any atom is 0.139 e. The summed E-state index contributed by atoms with van der Waals surface area (Å²) in [6.45, 7) is 0. The number of benzene rings is 1. The van der Waals surface area contributed by atoms with Gasteiger partial charge in [-0.2, -0.15) is 0 Å². The second kappa shape index (κ2) is 4.37. The SMILES string of the molecule is COc1cc(F)c(-c2ncccc2N)c(F)c1. The number of anilines is 1. The third-order valence-corrected chi connectivity index (χ3v) is 2.33. The van der Waals surface area contributed by atoms with E-state index in [1.165, 1.54) is 19.4 Å². The van der Waals surface area contributed by atoms with Crippen molar-refractivity contribution in [3.63, 3.8) is 0 Å². The molecule has 2 aromatic rings. The van der Waals surface area contributed by atoms with E-state index in [9.17, 15) is 8.78 Å². The molecule has 5 heteroatoms. The fourth-order valence-electron chi connectivity index (χ4n) is 1.52. The van der Waals surface area contributed by atoms with E-state index < -0.39 is 11.6 Å². The van der Waals surface area contributed by atoms with Gasteiger partial charge in [-0.05, 0) is 12.1 Å². The maximum absolute atomic E-state index is 13.7. The number of hydrogen-bond donors (Lipinski definition) is 1. The Bertz CT molecular complexity index is 535. The topological polar surface area (TPSA) is 48.1 Å². The third-order valence-electron chi connectivity index (χ3n) is 2.33. The highest BCUT2D eigenvalue weighted by Gasteiger charge is 2.16. The average Bonchev–Trinajstić information content (AvgIpc) is 2.30. The zero-order valence-corrected chi connectivity index (χ0v) is 9.08. The molecule has 3 nitrogen and oxygen atoms in total. The lowest BCUT2D eigenvalue weighted by Gasteiger charge is -2.08. The molecule has 0 aliphatic rings. The maximum atomic E-state index is 13.7. The van der Waals surface area contributed by atoms with Crippen LogP contribution in [0.5, 0.6) is 5.75 Å². The smallest absolute Gasteiger partial charge is 0.139 e. The fourth-order valence-corrected chi connectivity index (χ4v) is 1.52. The first-order valence-electron chi connectivity index (χ1n) is 4.87. The van der Waals surface area contributed by atoms with Gasteiger partial charge in [-0.15, -0.1) is 0 Å². The van der Waals surface area contributed by atoms with Crippen LogP contribution in [0.1, 0.15) is 0 Å². The highest BCUT2D eigenvalue weighted by atomic mass is 19.1. The molecular formula is C12H10F2N2O. The summed E-state index contributed by atoms with van der Waals surface area (Å²) in [5.41, 5.74) is 5.69. The Labute approximate surface area is 96.9 Å². The van der Waals surface area contributed by atoms with Gasteiger partial charge in [0.25, 0.3) is 0 Å². The minimum Gasteiger partial charge on any atom is -0.497 e. The van der Waals surface area contributed by atoms with Crippen LogP contribution in [0.4, 0.5) is 14.5 Å². The number of methoxy groups -OCH3 is 1. The second-order valence-corrected chi connectivity index (χ2v) is 3.41. The van der Waals surface area contributed by atoms with Gasteiger partial charge in [0.15, 0.2) is 0 Å². The van der Waals surface area contributed by atoms with Crippen molar-refractivity contribution in [2.45, 2.75) is 0 Å². The molecule has 0 unspecified atom stereocenters. The molecule has 0 amide bonds. The van der Waals surface area contributed by atoms with Crippen LogP contribution in [0.15, 0.2) is 30.5 Å². The number of nitrogens with two attached hydrogens (primary N) is 1. The van der Waals surface area contributed by atoms with Crippen LogP contribution in [-0.2, 0) is 0 Å². The summed E-state index contributed by atoms with van der Waals surface area (Å²) >= 11 is 0. The molecule has 0 spiro atoms. The van der Waals surface area contributed by atoms with Gasteiger partial charge in [-0.3, -0.25) is 4.98 Å². The van der Waals surface area contributed by atoms with Crippen LogP contribution in [0.25, 0.3) is 11.3 Å². The quantitative estimate of drug-likeness (QED) is 0.871. The fraction of sp³-hybridized carbons (Fsp3) is 0.0833. The Morgan fingerprint density at radius 2 is 1.88 bits per heavy atom. The number of hydrogen-bond acceptors (Lipinski definition) is 3. The van der Waals surface area contributed by atoms with Gasteiger partial charge in [0.2, 0.25) is 0 Å². The Kier molecular flexibility index (Phi) is 2.91. The minimum absolute atomic E-state index is 0.0881. The van der Waals surface area contributed by atoms with Gasteiger partial charge in [0.1, 0.15) is 17.4 Å². The van der Waals surface area contributed by atoms with Crippen LogP contribution < -0.4 is 10.5 Å². The van der Waals surface area contributed by atoms with Crippen molar-refractivity contribution >= 4 is 5.69 Å². The van der Waals surface area contributed by atoms with E-state index in [-0.39, 0.29) is 22.7 Å². The largest absolute Gasteiger partial charge is 0.497 e. The molecule has 1 aromatic carbocycles. The molecule has 2 N–H and O–H groups in total. The standard InChI is InChI=1S/C12H10F2N2O/c1-17-7-5-8(13)11(9(14)6-7)12-10(15)3-2-4-16-12/h2-6H,15H2,1H3. The first-order chi connectivity index (χ1) is 8.13. The van der Waals surface area contributed by atoms with Gasteiger partial charge < -0.3 is 10.5 Å². The Balaban J connectivity index is 2.64. The number of aromatic nitrogens is 1. The summed E-state index contributed by atoms with van der Waals surface area (Å²) in [5, 5.41) is 0. The van der Waals surface area contributed by atoms with Gasteiger partial charge in [-0.25, -0.2) is 8.78 Å². The number of nitrogens with zero attached hydrogens (tertiary/aromatic N) is 1. The van der Waals surface area contributed by atoms with Crippen molar-refractivity contribution in [3.05, 3.63) is 42.1 Å². The van der Waals surface area contributed by atoms with Gasteiger partial charge >= 0.3 is 0 Å². The molecule has 0 saturated carbocycles. The molecule has 0 radical (unpaired) electrons. The summed E-state index contributed by atoms with van der Waals surface area (Å²) in [6.07, 6.45) is 1.43. The van der Waals surface area contributed by atoms with E-state index in [1.807, 2.05) is 0 Å². The highest BCUT2D eigenvalue weighted by molar-refractivity contribution is 5.73. The lowest BCUT2D eigenvalue weighted by molar-refractivity contribution is 0.407. The lowest BCUT2D eigenvalue weighted by Crippen LogP contribution is -1.98. The predicted molar refractivity (Wildman–Crippen MR) is 60.6 cm³/mol. The first kappa shape index (κ1) is 11.3. The van der Waals surface area contributed by atoms with E-state index >= 15 is 0 Å². The van der Waals surface area contributed by atoms with Gasteiger partial charge in [0.05, 0.1) is 24.1 Å². The summed E-state index contributed by atoms with van der Waals surface area (Å²) < 4.78 is 32.3. The van der Waals surface area contributed by atoms with E-state index in [4.69, 9.17) is 10.5 Å². The number of pyridine rings is 1. The second-order valence-electron chi connectivity index (χ2n) is 3.41. The van der Waals surface area contributed by atoms with Crippen LogP contribution in [0.3, 0.4) is 0 Å². The molecule has 0 saturated heterocycles. The molecular weight excluding hydrogens is 226 g/mol. The van der Waals surface area contributed by atoms with Crippen molar-refractivity contribution in [3.8, 4) is 17.0 Å². The number of rotatable bonds is 2. The first-order valence-corrected chi connectivity index (χ1v) is 4.87. The summed E-state index contributed by atoms with van der Waals surface area (Å²) in [5.74, 6) is -1.40. The van der Waals surface area contributed by atoms with Crippen LogP contribution >= 0.6 is 0 Å². The highest BCUT2D eigenvalue weighted by Crippen LogP contribution is 2.31. The summed E-state index contributed by atoms with van der Waals surface area (Å²) in [4.78, 5) is 3.88. The summed E-state index contributed by atoms with van der Waals surface area (Å²) in [7, 11) is 1.34. The van der Waals surface area contributed by atoms with E-state index in [0.717, 1.165) is 12.1 Å². The zero-order valence-electron chi connectivity index (χ0n) is 9.08. The van der Waals surface area contributed by atoms with Crippen molar-refractivity contribution in [1.29, 1.82) is 0 Å². The molecule has 88 valence electrons. The van der Waals surface area contributed by atoms with Gasteiger partial charge in [0, 0.05) is 18.3 Å². The molecule has 1 heterocycles. The Hall–Kier alpha value is -2.17. The monoisotopic (exact) mass is 236 g/mol. The zero-order chi connectivity index (χ0) is 12.4. The molecule has 2 rings (SSSR count). The molecule has 0 bridgehead atoms. The van der Waals surface area contributed by atoms with E-state index in [2.05, 4.69) is 4.98 Å². The van der Waals surface area contributed by atoms with Crippen LogP contribution in [0.2, 0.25) is 0 Å². The molecule has 0 fully saturated rings. The van der Waals surface area contributed by atoms with E-state index in [0.29, 0.717) is 0 Å². The molecule has 0 atom stereocenters. The molecule has 0 aliphatic heterocycles. The molecule has 0 aliphatic carbocycles. The van der Waals surface area contributed by atoms with Gasteiger partial charge in [-0.1, -0.05) is 0 Å². The van der Waals surface area contributed by atoms with Crippen molar-refractivity contribution in [2.24, 2.45) is 0 Å². The van der Waals surface area contributed by atoms with Crippen molar-refractivity contribution in [1.82, 2.24) is 4.98 Å². The van der Waals surface area contributed by atoms with Crippen molar-refractivity contribution < 1.29 is 13.5 Å². The van der Waals surface area contributed by atoms with Crippen molar-refractivity contribution in [2.75, 3.05) is 12.8 Å². The normalized spacial score (nSPS) is 10.3. The molecule has 17 heavy (non-hydrogen) atoms. The average molecular weight is 236 g/mol. The summed E-state index contributed by atoms with van der Waals surface area (Å²) in [6, 6.07) is 5.31. The third kappa shape index (κ3) is 2.04. The molecule has 1 aromatic heterocycles. The van der Waals surface area contributed by atoms with Crippen LogP contribution in [-0.4, -0.2) is 12.1 Å². The lowest BCUT2D eigenvalue weighted by atomic mass is 10.1. The minimum atomic E-state index is -0.757. The van der Waals surface area contributed by atoms with E-state index in [1.54, 1.807) is 6.07 Å². The number of nitrogen functional groups attached to an aromatic ring is 1. The Morgan fingerprint density at radius 3 is 2.41 bits per heavy atom.